The summed E-state index contributed by atoms with van der Waals surface area (Å²) in [7, 11) is 0. The monoisotopic (exact) mass is 319 g/mol. The predicted molar refractivity (Wildman–Crippen MR) is 82.3 cm³/mol. The molecule has 0 amide bonds. The molecule has 100 valence electrons. The summed E-state index contributed by atoms with van der Waals surface area (Å²) in [5, 5.41) is 3.68. The third kappa shape index (κ3) is 2.46. The number of hydrogen-bond acceptors (Lipinski definition) is 3. The van der Waals surface area contributed by atoms with Gasteiger partial charge in [0.2, 0.25) is 0 Å². The number of nitrogens with zero attached hydrogens (tertiary/aromatic N) is 2. The van der Waals surface area contributed by atoms with Crippen LogP contribution in [0.5, 0.6) is 0 Å². The van der Waals surface area contributed by atoms with E-state index in [-0.39, 0.29) is 0 Å². The molecule has 0 aliphatic heterocycles. The molecular formula is C15H18BrN3. The van der Waals surface area contributed by atoms with Crippen molar-refractivity contribution in [2.24, 2.45) is 5.41 Å². The molecule has 1 fully saturated rings. The highest BCUT2D eigenvalue weighted by Gasteiger charge is 2.34. The number of aromatic nitrogens is 2. The Hall–Kier alpha value is -1.16. The SMILES string of the molecule is CC1(C)CCCC1Nc1ccnc2cc(Br)cnc12. The molecule has 1 aliphatic carbocycles. The summed E-state index contributed by atoms with van der Waals surface area (Å²) in [4.78, 5) is 8.88. The number of nitrogens with one attached hydrogen (secondary N) is 1. The molecule has 3 nitrogen and oxygen atoms in total. The molecule has 1 atom stereocenters. The lowest BCUT2D eigenvalue weighted by molar-refractivity contribution is 0.350. The van der Waals surface area contributed by atoms with Crippen LogP contribution < -0.4 is 5.32 Å². The van der Waals surface area contributed by atoms with Crippen molar-refractivity contribution in [1.82, 2.24) is 9.97 Å². The minimum absolute atomic E-state index is 0.352. The molecule has 1 aliphatic rings. The van der Waals surface area contributed by atoms with Gasteiger partial charge in [0.05, 0.1) is 11.2 Å². The van der Waals surface area contributed by atoms with E-state index in [2.05, 4.69) is 45.1 Å². The average Bonchev–Trinajstić information content (AvgIpc) is 2.69. The Morgan fingerprint density at radius 1 is 1.37 bits per heavy atom. The zero-order valence-corrected chi connectivity index (χ0v) is 12.9. The zero-order valence-electron chi connectivity index (χ0n) is 11.3. The number of pyridine rings is 2. The van der Waals surface area contributed by atoms with Crippen molar-refractivity contribution in [2.45, 2.75) is 39.2 Å². The van der Waals surface area contributed by atoms with Crippen molar-refractivity contribution in [3.05, 3.63) is 29.0 Å². The van der Waals surface area contributed by atoms with Gasteiger partial charge in [-0.2, -0.15) is 0 Å². The van der Waals surface area contributed by atoms with Crippen molar-refractivity contribution in [2.75, 3.05) is 5.32 Å². The minimum Gasteiger partial charge on any atom is -0.380 e. The van der Waals surface area contributed by atoms with Crippen molar-refractivity contribution in [1.29, 1.82) is 0 Å². The van der Waals surface area contributed by atoms with Crippen LogP contribution >= 0.6 is 15.9 Å². The topological polar surface area (TPSA) is 37.8 Å². The largest absolute Gasteiger partial charge is 0.380 e. The maximum Gasteiger partial charge on any atom is 0.112 e. The van der Waals surface area contributed by atoms with Crippen LogP contribution in [0.4, 0.5) is 5.69 Å². The van der Waals surface area contributed by atoms with Crippen LogP contribution in [0.15, 0.2) is 29.0 Å². The van der Waals surface area contributed by atoms with Crippen LogP contribution in [-0.4, -0.2) is 16.0 Å². The van der Waals surface area contributed by atoms with Crippen LogP contribution in [0, 0.1) is 5.41 Å². The third-order valence-electron chi connectivity index (χ3n) is 4.13. The molecule has 2 aromatic heterocycles. The van der Waals surface area contributed by atoms with E-state index in [1.807, 2.05) is 24.5 Å². The maximum atomic E-state index is 4.50. The van der Waals surface area contributed by atoms with Gasteiger partial charge in [0.15, 0.2) is 0 Å². The van der Waals surface area contributed by atoms with Crippen molar-refractivity contribution in [3.8, 4) is 0 Å². The number of fused-ring (bicyclic) bond motifs is 1. The Kier molecular flexibility index (Phi) is 3.21. The smallest absolute Gasteiger partial charge is 0.112 e. The molecular weight excluding hydrogens is 302 g/mol. The predicted octanol–water partition coefficient (Wildman–Crippen LogP) is 4.38. The summed E-state index contributed by atoms with van der Waals surface area (Å²) in [6, 6.07) is 4.55. The summed E-state index contributed by atoms with van der Waals surface area (Å²) >= 11 is 3.44. The number of anilines is 1. The quantitative estimate of drug-likeness (QED) is 0.892. The zero-order chi connectivity index (χ0) is 13.5. The second-order valence-electron chi connectivity index (χ2n) is 5.96. The molecule has 0 saturated heterocycles. The van der Waals surface area contributed by atoms with E-state index in [1.54, 1.807) is 0 Å². The minimum atomic E-state index is 0.352. The molecule has 4 heteroatoms. The molecule has 0 bridgehead atoms. The number of hydrogen-bond donors (Lipinski definition) is 1. The fourth-order valence-corrected chi connectivity index (χ4v) is 3.22. The molecule has 19 heavy (non-hydrogen) atoms. The first-order valence-corrected chi connectivity index (χ1v) is 7.52. The lowest BCUT2D eigenvalue weighted by atomic mass is 9.87. The van der Waals surface area contributed by atoms with E-state index in [0.29, 0.717) is 11.5 Å². The maximum absolute atomic E-state index is 4.50. The average molecular weight is 320 g/mol. The molecule has 0 aromatic carbocycles. The van der Waals surface area contributed by atoms with Gasteiger partial charge in [-0.3, -0.25) is 9.97 Å². The summed E-state index contributed by atoms with van der Waals surface area (Å²) < 4.78 is 0.964. The molecule has 1 N–H and O–H groups in total. The molecule has 0 spiro atoms. The second-order valence-corrected chi connectivity index (χ2v) is 6.87. The first-order chi connectivity index (χ1) is 9.06. The van der Waals surface area contributed by atoms with E-state index >= 15 is 0 Å². The van der Waals surface area contributed by atoms with Crippen molar-refractivity contribution < 1.29 is 0 Å². The first kappa shape index (κ1) is 12.9. The summed E-state index contributed by atoms with van der Waals surface area (Å²) in [6.45, 7) is 4.68. The molecule has 1 saturated carbocycles. The third-order valence-corrected chi connectivity index (χ3v) is 4.56. The Bertz CT molecular complexity index is 609. The lowest BCUT2D eigenvalue weighted by Crippen LogP contribution is -2.30. The fourth-order valence-electron chi connectivity index (χ4n) is 2.90. The highest BCUT2D eigenvalue weighted by Crippen LogP contribution is 2.39. The Labute approximate surface area is 122 Å². The van der Waals surface area contributed by atoms with Gasteiger partial charge in [-0.15, -0.1) is 0 Å². The highest BCUT2D eigenvalue weighted by atomic mass is 79.9. The van der Waals surface area contributed by atoms with Crippen molar-refractivity contribution in [3.63, 3.8) is 0 Å². The standard InChI is InChI=1S/C15H18BrN3/c1-15(2)6-3-4-13(15)19-11-5-7-17-12-8-10(16)9-18-14(11)12/h5,7-9,13H,3-4,6H2,1-2H3,(H,17,19). The Balaban J connectivity index is 1.97. The molecule has 1 unspecified atom stereocenters. The van der Waals surface area contributed by atoms with E-state index in [9.17, 15) is 0 Å². The number of halogens is 1. The fraction of sp³-hybridized carbons (Fsp3) is 0.467. The van der Waals surface area contributed by atoms with Gasteiger partial charge in [-0.25, -0.2) is 0 Å². The Morgan fingerprint density at radius 3 is 2.95 bits per heavy atom. The van der Waals surface area contributed by atoms with Gasteiger partial charge in [0.25, 0.3) is 0 Å². The van der Waals surface area contributed by atoms with E-state index in [0.717, 1.165) is 21.2 Å². The summed E-state index contributed by atoms with van der Waals surface area (Å²) in [6.07, 6.45) is 7.49. The molecule has 0 radical (unpaired) electrons. The number of rotatable bonds is 2. The molecule has 3 rings (SSSR count). The Morgan fingerprint density at radius 2 is 2.21 bits per heavy atom. The van der Waals surface area contributed by atoms with Gasteiger partial charge in [-0.05, 0) is 46.3 Å². The normalized spacial score (nSPS) is 21.7. The van der Waals surface area contributed by atoms with E-state index in [1.165, 1.54) is 19.3 Å². The van der Waals surface area contributed by atoms with Gasteiger partial charge in [-0.1, -0.05) is 20.3 Å². The lowest BCUT2D eigenvalue weighted by Gasteiger charge is -2.29. The van der Waals surface area contributed by atoms with Crippen LogP contribution in [-0.2, 0) is 0 Å². The van der Waals surface area contributed by atoms with Crippen LogP contribution in [0.1, 0.15) is 33.1 Å². The van der Waals surface area contributed by atoms with Gasteiger partial charge in [0.1, 0.15) is 5.52 Å². The first-order valence-electron chi connectivity index (χ1n) is 6.73. The highest BCUT2D eigenvalue weighted by molar-refractivity contribution is 9.10. The van der Waals surface area contributed by atoms with Gasteiger partial charge in [0, 0.05) is 22.9 Å². The summed E-state index contributed by atoms with van der Waals surface area (Å²) in [5.74, 6) is 0. The van der Waals surface area contributed by atoms with E-state index in [4.69, 9.17) is 0 Å². The van der Waals surface area contributed by atoms with Crippen LogP contribution in [0.25, 0.3) is 11.0 Å². The van der Waals surface area contributed by atoms with Gasteiger partial charge >= 0.3 is 0 Å². The summed E-state index contributed by atoms with van der Waals surface area (Å²) in [5.41, 5.74) is 3.33. The second kappa shape index (κ2) is 4.75. The van der Waals surface area contributed by atoms with Crippen LogP contribution in [0.3, 0.4) is 0 Å². The van der Waals surface area contributed by atoms with Crippen LogP contribution in [0.2, 0.25) is 0 Å². The van der Waals surface area contributed by atoms with Crippen molar-refractivity contribution >= 4 is 32.7 Å². The van der Waals surface area contributed by atoms with E-state index < -0.39 is 0 Å². The molecule has 2 heterocycles. The molecule has 2 aromatic rings. The van der Waals surface area contributed by atoms with Gasteiger partial charge < -0.3 is 5.32 Å².